The molecule has 0 N–H and O–H groups in total. The Kier molecular flexibility index (Phi) is 11.4. The Labute approximate surface area is 141 Å². The third-order valence-corrected chi connectivity index (χ3v) is 3.89. The van der Waals surface area contributed by atoms with Crippen molar-refractivity contribution in [1.82, 2.24) is 0 Å². The van der Waals surface area contributed by atoms with E-state index in [4.69, 9.17) is 21.1 Å². The van der Waals surface area contributed by atoms with Gasteiger partial charge in [0.15, 0.2) is 6.29 Å². The average molecular weight is 327 g/mol. The summed E-state index contributed by atoms with van der Waals surface area (Å²) in [4.78, 5) is 0. The topological polar surface area (TPSA) is 18.5 Å². The lowest BCUT2D eigenvalue weighted by Crippen LogP contribution is -2.11. The fraction of sp³-hybridized carbons (Fsp3) is 0.684. The molecule has 3 heteroatoms. The highest BCUT2D eigenvalue weighted by atomic mass is 35.5. The molecule has 1 rings (SSSR count). The zero-order chi connectivity index (χ0) is 16.0. The van der Waals surface area contributed by atoms with Gasteiger partial charge in [0.2, 0.25) is 0 Å². The number of benzene rings is 1. The number of hydrogen-bond donors (Lipinski definition) is 0. The Morgan fingerprint density at radius 2 is 1.45 bits per heavy atom. The van der Waals surface area contributed by atoms with E-state index >= 15 is 0 Å². The van der Waals surface area contributed by atoms with Crippen LogP contribution in [0, 0.1) is 0 Å². The van der Waals surface area contributed by atoms with Crippen LogP contribution in [0.1, 0.15) is 77.1 Å². The maximum atomic E-state index is 6.08. The first-order chi connectivity index (χ1) is 10.8. The first kappa shape index (κ1) is 19.5. The van der Waals surface area contributed by atoms with Gasteiger partial charge in [0.05, 0.1) is 13.2 Å². The summed E-state index contributed by atoms with van der Waals surface area (Å²) in [5.74, 6) is 0. The third kappa shape index (κ3) is 8.77. The van der Waals surface area contributed by atoms with Crippen molar-refractivity contribution in [1.29, 1.82) is 0 Å². The number of unbranched alkanes of at least 4 members (excludes halogenated alkanes) is 6. The molecule has 0 aromatic heterocycles. The van der Waals surface area contributed by atoms with Crippen molar-refractivity contribution in [3.8, 4) is 0 Å². The quantitative estimate of drug-likeness (QED) is 0.303. The van der Waals surface area contributed by atoms with E-state index < -0.39 is 0 Å². The van der Waals surface area contributed by atoms with Crippen molar-refractivity contribution < 1.29 is 9.47 Å². The van der Waals surface area contributed by atoms with Gasteiger partial charge in [-0.3, -0.25) is 0 Å². The highest BCUT2D eigenvalue weighted by Gasteiger charge is 2.12. The van der Waals surface area contributed by atoms with Gasteiger partial charge in [0.1, 0.15) is 0 Å². The van der Waals surface area contributed by atoms with Crippen LogP contribution >= 0.6 is 11.6 Å². The van der Waals surface area contributed by atoms with Crippen molar-refractivity contribution in [3.63, 3.8) is 0 Å². The summed E-state index contributed by atoms with van der Waals surface area (Å²) < 4.78 is 11.9. The Bertz CT molecular complexity index is 367. The van der Waals surface area contributed by atoms with Gasteiger partial charge >= 0.3 is 0 Å². The Morgan fingerprint density at radius 1 is 0.864 bits per heavy atom. The molecule has 22 heavy (non-hydrogen) atoms. The van der Waals surface area contributed by atoms with Gasteiger partial charge in [-0.25, -0.2) is 0 Å². The summed E-state index contributed by atoms with van der Waals surface area (Å²) in [6.45, 7) is 5.92. The second-order valence-electron chi connectivity index (χ2n) is 5.75. The van der Waals surface area contributed by atoms with Crippen LogP contribution in [-0.4, -0.2) is 13.2 Å². The molecule has 0 saturated heterocycles. The second-order valence-corrected chi connectivity index (χ2v) is 6.19. The lowest BCUT2D eigenvalue weighted by molar-refractivity contribution is -0.148. The van der Waals surface area contributed by atoms with Gasteiger partial charge in [-0.05, 0) is 25.0 Å². The van der Waals surface area contributed by atoms with Crippen LogP contribution in [0.25, 0.3) is 0 Å². The molecule has 1 aromatic rings. The van der Waals surface area contributed by atoms with E-state index in [1.807, 2.05) is 24.3 Å². The lowest BCUT2D eigenvalue weighted by atomic mass is 10.2. The Morgan fingerprint density at radius 3 is 1.95 bits per heavy atom. The predicted molar refractivity (Wildman–Crippen MR) is 94.4 cm³/mol. The van der Waals surface area contributed by atoms with Gasteiger partial charge in [-0.15, -0.1) is 0 Å². The van der Waals surface area contributed by atoms with Crippen LogP contribution in [0.4, 0.5) is 0 Å². The molecule has 0 aliphatic rings. The minimum Gasteiger partial charge on any atom is -0.348 e. The average Bonchev–Trinajstić information content (AvgIpc) is 2.52. The van der Waals surface area contributed by atoms with E-state index in [2.05, 4.69) is 13.8 Å². The Balaban J connectivity index is 2.42. The van der Waals surface area contributed by atoms with Gasteiger partial charge in [-0.2, -0.15) is 0 Å². The van der Waals surface area contributed by atoms with Crippen molar-refractivity contribution in [2.75, 3.05) is 13.2 Å². The molecule has 0 radical (unpaired) electrons. The van der Waals surface area contributed by atoms with E-state index in [0.29, 0.717) is 0 Å². The van der Waals surface area contributed by atoms with Crippen molar-refractivity contribution >= 4 is 11.6 Å². The van der Waals surface area contributed by atoms with Crippen LogP contribution < -0.4 is 0 Å². The van der Waals surface area contributed by atoms with E-state index in [1.165, 1.54) is 38.5 Å². The maximum Gasteiger partial charge on any atom is 0.183 e. The summed E-state index contributed by atoms with van der Waals surface area (Å²) in [5, 5.41) is 0.728. The van der Waals surface area contributed by atoms with Gasteiger partial charge in [-0.1, -0.05) is 76.1 Å². The molecule has 0 heterocycles. The molecular formula is C19H31ClO2. The molecule has 0 bridgehead atoms. The first-order valence-electron chi connectivity index (χ1n) is 8.76. The standard InChI is InChI=1S/C19H31ClO2/c1-3-5-7-9-14-21-19(22-15-10-8-6-4-2)17-12-11-13-18(20)16-17/h11-13,16,19H,3-10,14-15H2,1-2H3. The van der Waals surface area contributed by atoms with Crippen molar-refractivity contribution in [2.45, 2.75) is 71.5 Å². The smallest absolute Gasteiger partial charge is 0.183 e. The van der Waals surface area contributed by atoms with E-state index in [1.54, 1.807) is 0 Å². The number of hydrogen-bond acceptors (Lipinski definition) is 2. The minimum absolute atomic E-state index is 0.290. The van der Waals surface area contributed by atoms with Crippen LogP contribution in [-0.2, 0) is 9.47 Å². The highest BCUT2D eigenvalue weighted by molar-refractivity contribution is 6.30. The van der Waals surface area contributed by atoms with Crippen LogP contribution in [0.3, 0.4) is 0 Å². The largest absolute Gasteiger partial charge is 0.348 e. The molecule has 0 amide bonds. The second kappa shape index (κ2) is 12.9. The molecule has 0 unspecified atom stereocenters. The molecular weight excluding hydrogens is 296 g/mol. The van der Waals surface area contributed by atoms with E-state index in [9.17, 15) is 0 Å². The van der Waals surface area contributed by atoms with Gasteiger partial charge in [0.25, 0.3) is 0 Å². The van der Waals surface area contributed by atoms with E-state index in [0.717, 1.165) is 36.6 Å². The predicted octanol–water partition coefficient (Wildman–Crippen LogP) is 6.53. The summed E-state index contributed by atoms with van der Waals surface area (Å²) in [5.41, 5.74) is 1.01. The van der Waals surface area contributed by atoms with Crippen LogP contribution in [0.5, 0.6) is 0 Å². The molecule has 0 aliphatic carbocycles. The molecule has 0 fully saturated rings. The highest BCUT2D eigenvalue weighted by Crippen LogP contribution is 2.23. The summed E-state index contributed by atoms with van der Waals surface area (Å²) in [6, 6.07) is 7.79. The number of rotatable bonds is 13. The summed E-state index contributed by atoms with van der Waals surface area (Å²) in [6.07, 6.45) is 9.34. The summed E-state index contributed by atoms with van der Waals surface area (Å²) in [7, 11) is 0. The number of halogens is 1. The van der Waals surface area contributed by atoms with Gasteiger partial charge < -0.3 is 9.47 Å². The Hall–Kier alpha value is -0.570. The lowest BCUT2D eigenvalue weighted by Gasteiger charge is -2.19. The van der Waals surface area contributed by atoms with Crippen LogP contribution in [0.15, 0.2) is 24.3 Å². The molecule has 1 aromatic carbocycles. The molecule has 126 valence electrons. The molecule has 2 nitrogen and oxygen atoms in total. The zero-order valence-electron chi connectivity index (χ0n) is 14.2. The molecule has 0 saturated carbocycles. The fourth-order valence-corrected chi connectivity index (χ4v) is 2.53. The zero-order valence-corrected chi connectivity index (χ0v) is 14.9. The minimum atomic E-state index is -0.290. The fourth-order valence-electron chi connectivity index (χ4n) is 2.33. The molecule has 0 aliphatic heterocycles. The van der Waals surface area contributed by atoms with Crippen molar-refractivity contribution in [3.05, 3.63) is 34.9 Å². The van der Waals surface area contributed by atoms with Gasteiger partial charge in [0, 0.05) is 10.6 Å². The monoisotopic (exact) mass is 326 g/mol. The molecule has 0 atom stereocenters. The maximum absolute atomic E-state index is 6.08. The molecule has 0 spiro atoms. The van der Waals surface area contributed by atoms with E-state index in [-0.39, 0.29) is 6.29 Å². The summed E-state index contributed by atoms with van der Waals surface area (Å²) >= 11 is 6.08. The third-order valence-electron chi connectivity index (χ3n) is 3.66. The van der Waals surface area contributed by atoms with Crippen LogP contribution in [0.2, 0.25) is 5.02 Å². The SMILES string of the molecule is CCCCCCOC(OCCCCCC)c1cccc(Cl)c1. The normalized spacial score (nSPS) is 11.3. The first-order valence-corrected chi connectivity index (χ1v) is 9.14. The number of ether oxygens (including phenoxy) is 2. The van der Waals surface area contributed by atoms with Crippen molar-refractivity contribution in [2.24, 2.45) is 0 Å².